The van der Waals surface area contributed by atoms with Crippen molar-refractivity contribution < 1.29 is 31.1 Å². The second-order valence-corrected chi connectivity index (χ2v) is 6.35. The number of hydrogen-bond donors (Lipinski definition) is 1. The molecule has 0 aliphatic heterocycles. The first-order valence-corrected chi connectivity index (χ1v) is 7.97. The molecule has 9 heteroatoms. The summed E-state index contributed by atoms with van der Waals surface area (Å²) >= 11 is 0. The molecule has 128 valence electrons. The monoisotopic (exact) mass is 351 g/mol. The number of alkyl halides is 3. The van der Waals surface area contributed by atoms with Gasteiger partial charge in [0.1, 0.15) is 0 Å². The highest BCUT2D eigenvalue weighted by molar-refractivity contribution is 7.90. The zero-order chi connectivity index (χ0) is 17.7. The van der Waals surface area contributed by atoms with E-state index in [-0.39, 0.29) is 6.42 Å². The summed E-state index contributed by atoms with van der Waals surface area (Å²) in [6.45, 7) is 1.33. The molecular formula is C14H16F3NO4S. The van der Waals surface area contributed by atoms with Crippen LogP contribution in [0.4, 0.5) is 13.2 Å². The lowest BCUT2D eigenvalue weighted by molar-refractivity contribution is -0.134. The highest BCUT2D eigenvalue weighted by Gasteiger charge is 2.45. The van der Waals surface area contributed by atoms with Gasteiger partial charge in [0.05, 0.1) is 7.11 Å². The molecular weight excluding hydrogens is 335 g/mol. The summed E-state index contributed by atoms with van der Waals surface area (Å²) in [5.41, 5.74) is -3.34. The molecule has 1 aromatic carbocycles. The summed E-state index contributed by atoms with van der Waals surface area (Å²) in [5.74, 6) is -0.574. The zero-order valence-corrected chi connectivity index (χ0v) is 13.3. The van der Waals surface area contributed by atoms with Gasteiger partial charge in [-0.3, -0.25) is 0 Å². The second kappa shape index (κ2) is 7.60. The number of carbonyl (C=O) groups is 1. The van der Waals surface area contributed by atoms with E-state index in [1.54, 1.807) is 25.1 Å². The van der Waals surface area contributed by atoms with Crippen LogP contribution in [-0.4, -0.2) is 33.5 Å². The van der Waals surface area contributed by atoms with E-state index in [1.165, 1.54) is 24.0 Å². The average molecular weight is 351 g/mol. The topological polar surface area (TPSA) is 72.5 Å². The van der Waals surface area contributed by atoms with Gasteiger partial charge >= 0.3 is 21.5 Å². The minimum Gasteiger partial charge on any atom is -0.466 e. The van der Waals surface area contributed by atoms with Crippen molar-refractivity contribution in [1.82, 2.24) is 4.72 Å². The van der Waals surface area contributed by atoms with Gasteiger partial charge in [-0.1, -0.05) is 18.2 Å². The minimum absolute atomic E-state index is 0.0445. The van der Waals surface area contributed by atoms with Crippen LogP contribution in [0.5, 0.6) is 0 Å². The van der Waals surface area contributed by atoms with Crippen LogP contribution in [0.1, 0.15) is 16.7 Å². The number of halogens is 3. The van der Waals surface area contributed by atoms with Gasteiger partial charge in [0.25, 0.3) is 0 Å². The fraction of sp³-hybridized carbons (Fsp3) is 0.357. The second-order valence-electron chi connectivity index (χ2n) is 4.59. The molecule has 1 aromatic rings. The third kappa shape index (κ3) is 5.36. The van der Waals surface area contributed by atoms with E-state index in [0.717, 1.165) is 5.56 Å². The van der Waals surface area contributed by atoms with Crippen molar-refractivity contribution in [3.8, 4) is 0 Å². The van der Waals surface area contributed by atoms with Crippen molar-refractivity contribution in [1.29, 1.82) is 0 Å². The van der Waals surface area contributed by atoms with Crippen LogP contribution in [0, 0.1) is 6.92 Å². The van der Waals surface area contributed by atoms with Crippen LogP contribution in [-0.2, 0) is 26.0 Å². The van der Waals surface area contributed by atoms with Gasteiger partial charge in [-0.05, 0) is 36.1 Å². The molecule has 0 unspecified atom stereocenters. The Balaban J connectivity index is 2.89. The molecule has 0 fully saturated rings. The van der Waals surface area contributed by atoms with Crippen LogP contribution in [0.15, 0.2) is 24.3 Å². The van der Waals surface area contributed by atoms with Crippen LogP contribution in [0.25, 0.3) is 6.08 Å². The van der Waals surface area contributed by atoms with E-state index >= 15 is 0 Å². The van der Waals surface area contributed by atoms with Crippen LogP contribution < -0.4 is 4.72 Å². The van der Waals surface area contributed by atoms with Crippen molar-refractivity contribution in [3.05, 3.63) is 41.0 Å². The predicted octanol–water partition coefficient (Wildman–Crippen LogP) is 2.16. The van der Waals surface area contributed by atoms with Crippen molar-refractivity contribution in [2.45, 2.75) is 18.9 Å². The molecule has 0 aliphatic rings. The Hall–Kier alpha value is -1.87. The number of aryl methyl sites for hydroxylation is 1. The van der Waals surface area contributed by atoms with Crippen LogP contribution >= 0.6 is 0 Å². The SMILES string of the molecule is COC(=O)/C=C/c1cccc(C)c1CCNS(=O)(=O)C(F)(F)F. The molecule has 5 nitrogen and oxygen atoms in total. The molecule has 0 radical (unpaired) electrons. The van der Waals surface area contributed by atoms with Gasteiger partial charge in [0.15, 0.2) is 0 Å². The molecule has 0 atom stereocenters. The van der Waals surface area contributed by atoms with Crippen molar-refractivity contribution in [2.24, 2.45) is 0 Å². The summed E-state index contributed by atoms with van der Waals surface area (Å²) in [6, 6.07) is 5.12. The summed E-state index contributed by atoms with van der Waals surface area (Å²) in [6.07, 6.45) is 2.69. The molecule has 1 rings (SSSR count). The first-order valence-electron chi connectivity index (χ1n) is 6.49. The number of sulfonamides is 1. The lowest BCUT2D eigenvalue weighted by atomic mass is 9.99. The molecule has 0 spiro atoms. The summed E-state index contributed by atoms with van der Waals surface area (Å²) in [5, 5.41) is 0. The van der Waals surface area contributed by atoms with Gasteiger partial charge in [-0.2, -0.15) is 13.2 Å². The van der Waals surface area contributed by atoms with E-state index in [4.69, 9.17) is 0 Å². The largest absolute Gasteiger partial charge is 0.511 e. The average Bonchev–Trinajstić information content (AvgIpc) is 2.45. The number of ether oxygens (including phenoxy) is 1. The predicted molar refractivity (Wildman–Crippen MR) is 78.9 cm³/mol. The van der Waals surface area contributed by atoms with Gasteiger partial charge in [-0.25, -0.2) is 17.9 Å². The fourth-order valence-electron chi connectivity index (χ4n) is 1.84. The highest BCUT2D eigenvalue weighted by Crippen LogP contribution is 2.22. The number of hydrogen-bond acceptors (Lipinski definition) is 4. The van der Waals surface area contributed by atoms with Gasteiger partial charge in [0, 0.05) is 12.6 Å². The summed E-state index contributed by atoms with van der Waals surface area (Å²) < 4.78 is 64.6. The van der Waals surface area contributed by atoms with E-state index in [2.05, 4.69) is 4.74 Å². The number of esters is 1. The number of methoxy groups -OCH3 is 1. The molecule has 0 saturated heterocycles. The Bertz CT molecular complexity index is 696. The Kier molecular flexibility index (Phi) is 6.34. The minimum atomic E-state index is -5.37. The molecule has 0 aromatic heterocycles. The Morgan fingerprint density at radius 1 is 1.35 bits per heavy atom. The number of benzene rings is 1. The smallest absolute Gasteiger partial charge is 0.466 e. The Morgan fingerprint density at radius 3 is 2.57 bits per heavy atom. The van der Waals surface area contributed by atoms with Gasteiger partial charge in [0.2, 0.25) is 0 Å². The maximum atomic E-state index is 12.3. The first-order chi connectivity index (χ1) is 10.6. The lowest BCUT2D eigenvalue weighted by Gasteiger charge is -2.12. The van der Waals surface area contributed by atoms with E-state index in [1.807, 2.05) is 0 Å². The molecule has 0 bridgehead atoms. The summed E-state index contributed by atoms with van der Waals surface area (Å²) in [7, 11) is -4.15. The summed E-state index contributed by atoms with van der Waals surface area (Å²) in [4.78, 5) is 11.1. The third-order valence-electron chi connectivity index (χ3n) is 3.02. The molecule has 23 heavy (non-hydrogen) atoms. The van der Waals surface area contributed by atoms with Crippen molar-refractivity contribution in [3.63, 3.8) is 0 Å². The molecule has 0 amide bonds. The van der Waals surface area contributed by atoms with Gasteiger partial charge in [-0.15, -0.1) is 0 Å². The molecule has 0 aliphatic carbocycles. The maximum Gasteiger partial charge on any atom is 0.511 e. The van der Waals surface area contributed by atoms with Crippen LogP contribution in [0.2, 0.25) is 0 Å². The van der Waals surface area contributed by atoms with Crippen molar-refractivity contribution >= 4 is 22.1 Å². The molecule has 1 N–H and O–H groups in total. The number of nitrogens with one attached hydrogen (secondary N) is 1. The maximum absolute atomic E-state index is 12.3. The van der Waals surface area contributed by atoms with E-state index < -0.39 is 28.0 Å². The quantitative estimate of drug-likeness (QED) is 0.630. The molecule has 0 heterocycles. The van der Waals surface area contributed by atoms with E-state index in [0.29, 0.717) is 11.1 Å². The lowest BCUT2D eigenvalue weighted by Crippen LogP contribution is -2.37. The standard InChI is InChI=1S/C14H16F3NO4S/c1-10-4-3-5-11(6-7-13(19)22-2)12(10)8-9-18-23(20,21)14(15,16)17/h3-7,18H,8-9H2,1-2H3/b7-6+. The number of rotatable bonds is 6. The molecule has 0 saturated carbocycles. The highest BCUT2D eigenvalue weighted by atomic mass is 32.2. The Morgan fingerprint density at radius 2 is 2.00 bits per heavy atom. The van der Waals surface area contributed by atoms with Gasteiger partial charge < -0.3 is 4.74 Å². The normalized spacial score (nSPS) is 12.6. The van der Waals surface area contributed by atoms with Crippen molar-refractivity contribution in [2.75, 3.05) is 13.7 Å². The van der Waals surface area contributed by atoms with Crippen LogP contribution in [0.3, 0.4) is 0 Å². The zero-order valence-electron chi connectivity index (χ0n) is 12.5. The Labute approximate surface area is 132 Å². The number of carbonyl (C=O) groups excluding carboxylic acids is 1. The fourth-order valence-corrected chi connectivity index (χ4v) is 2.38. The third-order valence-corrected chi connectivity index (χ3v) is 4.21. The first kappa shape index (κ1) is 19.2. The van der Waals surface area contributed by atoms with E-state index in [9.17, 15) is 26.4 Å².